The van der Waals surface area contributed by atoms with Gasteiger partial charge in [0.05, 0.1) is 24.1 Å². The number of carboxylic acids is 1. The largest absolute Gasteiger partial charge is 0.478 e. The fourth-order valence-corrected chi connectivity index (χ4v) is 2.88. The molecule has 0 fully saturated rings. The smallest absolute Gasteiger partial charge is 0.361 e. The van der Waals surface area contributed by atoms with Crippen LogP contribution in [0.15, 0.2) is 24.3 Å². The second kappa shape index (κ2) is 5.96. The van der Waals surface area contributed by atoms with Gasteiger partial charge >= 0.3 is 13.6 Å². The number of rotatable bonds is 6. The Bertz CT molecular complexity index is 416. The van der Waals surface area contributed by atoms with Crippen LogP contribution >= 0.6 is 7.60 Å². The first-order valence-corrected chi connectivity index (χ1v) is 6.80. The van der Waals surface area contributed by atoms with Crippen molar-refractivity contribution in [2.24, 2.45) is 0 Å². The van der Waals surface area contributed by atoms with Crippen LogP contribution in [-0.2, 0) is 13.6 Å². The minimum absolute atomic E-state index is 0.133. The van der Waals surface area contributed by atoms with E-state index in [1.807, 2.05) is 0 Å². The molecule has 0 aliphatic rings. The molecule has 5 nitrogen and oxygen atoms in total. The zero-order chi connectivity index (χ0) is 12.9. The van der Waals surface area contributed by atoms with Crippen molar-refractivity contribution in [2.75, 3.05) is 13.2 Å². The van der Waals surface area contributed by atoms with Crippen molar-refractivity contribution in [1.82, 2.24) is 0 Å². The lowest BCUT2D eigenvalue weighted by Gasteiger charge is -2.16. The van der Waals surface area contributed by atoms with E-state index in [2.05, 4.69) is 0 Å². The van der Waals surface area contributed by atoms with Crippen LogP contribution in [0.25, 0.3) is 0 Å². The first-order valence-electron chi connectivity index (χ1n) is 5.26. The standard InChI is InChI=1S/C11H15O5P/c1-3-15-17(14,16-4-2)10-7-5-9(6-8-10)11(12)13/h5-8H,3-4H2,1-2H3,(H,12,13). The molecule has 0 aromatic heterocycles. The van der Waals surface area contributed by atoms with E-state index in [-0.39, 0.29) is 18.8 Å². The van der Waals surface area contributed by atoms with Gasteiger partial charge in [-0.15, -0.1) is 0 Å². The molecule has 1 rings (SSSR count). The molecule has 6 heteroatoms. The third-order valence-electron chi connectivity index (χ3n) is 2.03. The van der Waals surface area contributed by atoms with Crippen molar-refractivity contribution in [1.29, 1.82) is 0 Å². The summed E-state index contributed by atoms with van der Waals surface area (Å²) in [5, 5.41) is 9.12. The van der Waals surface area contributed by atoms with E-state index in [1.165, 1.54) is 24.3 Å². The molecule has 0 atom stereocenters. The summed E-state index contributed by atoms with van der Waals surface area (Å²) < 4.78 is 22.6. The first kappa shape index (κ1) is 13.9. The van der Waals surface area contributed by atoms with Crippen LogP contribution in [0.5, 0.6) is 0 Å². The van der Waals surface area contributed by atoms with Gasteiger partial charge < -0.3 is 14.2 Å². The average molecular weight is 258 g/mol. The van der Waals surface area contributed by atoms with E-state index >= 15 is 0 Å². The maximum absolute atomic E-state index is 12.3. The van der Waals surface area contributed by atoms with Gasteiger partial charge in [0, 0.05) is 0 Å². The van der Waals surface area contributed by atoms with Crippen LogP contribution in [0.3, 0.4) is 0 Å². The molecule has 94 valence electrons. The number of hydrogen-bond donors (Lipinski definition) is 1. The summed E-state index contributed by atoms with van der Waals surface area (Å²) in [6.07, 6.45) is 0. The van der Waals surface area contributed by atoms with Gasteiger partial charge in [-0.05, 0) is 38.1 Å². The molecule has 0 saturated heterocycles. The van der Waals surface area contributed by atoms with Gasteiger partial charge in [-0.25, -0.2) is 4.79 Å². The Kier molecular flexibility index (Phi) is 4.87. The van der Waals surface area contributed by atoms with Crippen LogP contribution in [0.2, 0.25) is 0 Å². The topological polar surface area (TPSA) is 72.8 Å². The van der Waals surface area contributed by atoms with Crippen molar-refractivity contribution in [2.45, 2.75) is 13.8 Å². The van der Waals surface area contributed by atoms with E-state index in [1.54, 1.807) is 13.8 Å². The number of aromatic carboxylic acids is 1. The van der Waals surface area contributed by atoms with Crippen molar-refractivity contribution in [3.05, 3.63) is 29.8 Å². The molecule has 0 heterocycles. The second-order valence-corrected chi connectivity index (χ2v) is 5.21. The van der Waals surface area contributed by atoms with Gasteiger partial charge in [-0.2, -0.15) is 0 Å². The molecular formula is C11H15O5P. The lowest BCUT2D eigenvalue weighted by molar-refractivity contribution is 0.0697. The quantitative estimate of drug-likeness (QED) is 0.792. The molecule has 1 N–H and O–H groups in total. The highest BCUT2D eigenvalue weighted by atomic mass is 31.2. The number of hydrogen-bond acceptors (Lipinski definition) is 4. The summed E-state index contributed by atoms with van der Waals surface area (Å²) in [6, 6.07) is 5.66. The van der Waals surface area contributed by atoms with E-state index in [4.69, 9.17) is 14.2 Å². The Morgan fingerprint density at radius 3 is 2.00 bits per heavy atom. The molecule has 0 amide bonds. The van der Waals surface area contributed by atoms with Gasteiger partial charge in [0.25, 0.3) is 0 Å². The Hall–Kier alpha value is -1.16. The molecular weight excluding hydrogens is 243 g/mol. The molecule has 0 radical (unpaired) electrons. The summed E-state index contributed by atoms with van der Waals surface area (Å²) in [7, 11) is -3.31. The molecule has 0 aliphatic carbocycles. The monoisotopic (exact) mass is 258 g/mol. The second-order valence-electron chi connectivity index (χ2n) is 3.19. The molecule has 0 aliphatic heterocycles. The number of carbonyl (C=O) groups is 1. The van der Waals surface area contributed by atoms with E-state index < -0.39 is 13.6 Å². The van der Waals surface area contributed by atoms with Crippen LogP contribution in [-0.4, -0.2) is 24.3 Å². The summed E-state index contributed by atoms with van der Waals surface area (Å²) in [5.74, 6) is -1.03. The van der Waals surface area contributed by atoms with E-state index in [0.717, 1.165) is 0 Å². The number of benzene rings is 1. The van der Waals surface area contributed by atoms with Crippen LogP contribution in [0.1, 0.15) is 24.2 Å². The SMILES string of the molecule is CCOP(=O)(OCC)c1ccc(C(=O)O)cc1. The fourth-order valence-electron chi connectivity index (χ4n) is 1.31. The Morgan fingerprint density at radius 1 is 1.18 bits per heavy atom. The molecule has 0 saturated carbocycles. The van der Waals surface area contributed by atoms with Gasteiger partial charge in [-0.1, -0.05) is 0 Å². The van der Waals surface area contributed by atoms with E-state index in [9.17, 15) is 9.36 Å². The number of carboxylic acid groups (broad SMARTS) is 1. The summed E-state index contributed by atoms with van der Waals surface area (Å²) in [6.45, 7) is 3.96. The van der Waals surface area contributed by atoms with Gasteiger partial charge in [-0.3, -0.25) is 4.57 Å². The van der Waals surface area contributed by atoms with Crippen LogP contribution in [0.4, 0.5) is 0 Å². The van der Waals surface area contributed by atoms with Gasteiger partial charge in [0.15, 0.2) is 0 Å². The predicted molar refractivity (Wildman–Crippen MR) is 63.9 cm³/mol. The minimum Gasteiger partial charge on any atom is -0.478 e. The highest BCUT2D eigenvalue weighted by Gasteiger charge is 2.26. The zero-order valence-electron chi connectivity index (χ0n) is 9.75. The van der Waals surface area contributed by atoms with Gasteiger partial charge in [0.2, 0.25) is 0 Å². The fraction of sp³-hybridized carbons (Fsp3) is 0.364. The molecule has 0 spiro atoms. The summed E-state index contributed by atoms with van der Waals surface area (Å²) >= 11 is 0. The normalized spacial score (nSPS) is 11.4. The Balaban J connectivity index is 3.03. The molecule has 17 heavy (non-hydrogen) atoms. The first-order chi connectivity index (χ1) is 8.03. The molecule has 0 bridgehead atoms. The van der Waals surface area contributed by atoms with E-state index in [0.29, 0.717) is 5.30 Å². The molecule has 0 unspecified atom stereocenters. The van der Waals surface area contributed by atoms with Crippen molar-refractivity contribution >= 4 is 18.9 Å². The van der Waals surface area contributed by atoms with Crippen molar-refractivity contribution in [3.8, 4) is 0 Å². The summed E-state index contributed by atoms with van der Waals surface area (Å²) in [5.41, 5.74) is 0.133. The minimum atomic E-state index is -3.31. The Labute approximate surface area is 99.9 Å². The van der Waals surface area contributed by atoms with Crippen LogP contribution < -0.4 is 5.30 Å². The average Bonchev–Trinajstić information content (AvgIpc) is 2.30. The molecule has 1 aromatic rings. The third kappa shape index (κ3) is 3.40. The Morgan fingerprint density at radius 2 is 1.65 bits per heavy atom. The highest BCUT2D eigenvalue weighted by Crippen LogP contribution is 2.46. The molecule has 1 aromatic carbocycles. The highest BCUT2D eigenvalue weighted by molar-refractivity contribution is 7.62. The maximum Gasteiger partial charge on any atom is 0.361 e. The van der Waals surface area contributed by atoms with Crippen molar-refractivity contribution in [3.63, 3.8) is 0 Å². The van der Waals surface area contributed by atoms with Crippen molar-refractivity contribution < 1.29 is 23.5 Å². The lowest BCUT2D eigenvalue weighted by atomic mass is 10.2. The summed E-state index contributed by atoms with van der Waals surface area (Å²) in [4.78, 5) is 10.7. The van der Waals surface area contributed by atoms with Gasteiger partial charge in [0.1, 0.15) is 0 Å². The zero-order valence-corrected chi connectivity index (χ0v) is 10.6. The third-order valence-corrected chi connectivity index (χ3v) is 4.16. The maximum atomic E-state index is 12.3. The predicted octanol–water partition coefficient (Wildman–Crippen LogP) is 2.28. The lowest BCUT2D eigenvalue weighted by Crippen LogP contribution is -2.11. The van der Waals surface area contributed by atoms with Crippen LogP contribution in [0, 0.1) is 0 Å².